The monoisotopic (exact) mass is 514 g/mol. The number of hydrogen-bond donors (Lipinski definition) is 2. The van der Waals surface area contributed by atoms with E-state index in [1.807, 2.05) is 18.2 Å². The summed E-state index contributed by atoms with van der Waals surface area (Å²) in [5.74, 6) is 0.748. The van der Waals surface area contributed by atoms with Crippen LogP contribution < -0.4 is 15.8 Å². The normalized spacial score (nSPS) is 10.9. The molecule has 2 rings (SSSR count). The van der Waals surface area contributed by atoms with E-state index >= 15 is 0 Å². The highest BCUT2D eigenvalue weighted by atomic mass is 127. The first-order valence-electron chi connectivity index (χ1n) is 7.27. The van der Waals surface area contributed by atoms with Crippen LogP contribution in [-0.4, -0.2) is 30.6 Å². The van der Waals surface area contributed by atoms with Crippen LogP contribution in [0.2, 0.25) is 15.1 Å². The summed E-state index contributed by atoms with van der Waals surface area (Å²) in [6.45, 7) is 1.36. The van der Waals surface area contributed by atoms with Crippen molar-refractivity contribution in [3.63, 3.8) is 0 Å². The molecule has 25 heavy (non-hydrogen) atoms. The average Bonchev–Trinajstić information content (AvgIpc) is 2.54. The second-order valence-electron chi connectivity index (χ2n) is 4.81. The summed E-state index contributed by atoms with van der Waals surface area (Å²) in [7, 11) is 0. The molecule has 0 aliphatic carbocycles. The molecule has 0 unspecified atom stereocenters. The van der Waals surface area contributed by atoms with Gasteiger partial charge in [-0.15, -0.1) is 24.0 Å². The van der Waals surface area contributed by atoms with Crippen LogP contribution >= 0.6 is 58.8 Å². The summed E-state index contributed by atoms with van der Waals surface area (Å²) in [6, 6.07) is 8.92. The number of nitrogens with zero attached hydrogens (tertiary/aromatic N) is 2. The van der Waals surface area contributed by atoms with Gasteiger partial charge in [0.15, 0.2) is 11.7 Å². The Kier molecular flexibility index (Phi) is 10.3. The molecule has 0 aliphatic heterocycles. The van der Waals surface area contributed by atoms with Crippen LogP contribution in [0.25, 0.3) is 0 Å². The fraction of sp³-hybridized carbons (Fsp3) is 0.250. The fourth-order valence-corrected chi connectivity index (χ4v) is 2.82. The molecule has 0 atom stereocenters. The van der Waals surface area contributed by atoms with Crippen molar-refractivity contribution in [3.05, 3.63) is 57.3 Å². The maximum Gasteiger partial charge on any atom is 0.188 e. The van der Waals surface area contributed by atoms with Gasteiger partial charge in [0.25, 0.3) is 0 Å². The van der Waals surface area contributed by atoms with Gasteiger partial charge >= 0.3 is 0 Å². The number of aliphatic imine (C=N–C) groups is 1. The van der Waals surface area contributed by atoms with Crippen LogP contribution in [0.15, 0.2) is 41.5 Å². The highest BCUT2D eigenvalue weighted by molar-refractivity contribution is 14.0. The van der Waals surface area contributed by atoms with E-state index in [9.17, 15) is 0 Å². The Morgan fingerprint density at radius 2 is 1.92 bits per heavy atom. The maximum absolute atomic E-state index is 6.03. The molecule has 136 valence electrons. The second-order valence-corrected chi connectivity index (χ2v) is 6.06. The largest absolute Gasteiger partial charge is 0.489 e. The molecular formula is C16H18Cl3IN4O. The maximum atomic E-state index is 6.03. The minimum absolute atomic E-state index is 0. The minimum atomic E-state index is 0. The Labute approximate surface area is 178 Å². The van der Waals surface area contributed by atoms with Crippen LogP contribution in [0.1, 0.15) is 5.69 Å². The summed E-state index contributed by atoms with van der Waals surface area (Å²) >= 11 is 17.9. The van der Waals surface area contributed by atoms with Crippen molar-refractivity contribution in [3.8, 4) is 5.75 Å². The van der Waals surface area contributed by atoms with E-state index in [1.165, 1.54) is 0 Å². The lowest BCUT2D eigenvalue weighted by molar-refractivity contribution is 0.322. The zero-order valence-corrected chi connectivity index (χ0v) is 17.8. The number of nitrogens with two attached hydrogens (primary N) is 1. The van der Waals surface area contributed by atoms with Crippen molar-refractivity contribution >= 4 is 64.7 Å². The van der Waals surface area contributed by atoms with Crippen LogP contribution in [0, 0.1) is 0 Å². The fourth-order valence-electron chi connectivity index (χ4n) is 1.89. The molecule has 1 aromatic heterocycles. The molecule has 0 saturated carbocycles. The third-order valence-corrected chi connectivity index (χ3v) is 3.77. The topological polar surface area (TPSA) is 72.5 Å². The van der Waals surface area contributed by atoms with E-state index in [0.717, 1.165) is 12.1 Å². The van der Waals surface area contributed by atoms with Crippen LogP contribution in [-0.2, 0) is 6.42 Å². The predicted octanol–water partition coefficient (Wildman–Crippen LogP) is 4.19. The lowest BCUT2D eigenvalue weighted by Crippen LogP contribution is -2.35. The zero-order valence-electron chi connectivity index (χ0n) is 13.2. The van der Waals surface area contributed by atoms with Gasteiger partial charge < -0.3 is 15.8 Å². The third kappa shape index (κ3) is 7.85. The summed E-state index contributed by atoms with van der Waals surface area (Å²) in [4.78, 5) is 8.45. The smallest absolute Gasteiger partial charge is 0.188 e. The number of guanidine groups is 1. The molecule has 0 aliphatic rings. The summed E-state index contributed by atoms with van der Waals surface area (Å²) in [5, 5.41) is 4.15. The van der Waals surface area contributed by atoms with Gasteiger partial charge in [0, 0.05) is 29.9 Å². The first-order valence-corrected chi connectivity index (χ1v) is 8.40. The Morgan fingerprint density at radius 1 is 1.20 bits per heavy atom. The molecular weight excluding hydrogens is 497 g/mol. The van der Waals surface area contributed by atoms with Crippen molar-refractivity contribution < 1.29 is 4.74 Å². The summed E-state index contributed by atoms with van der Waals surface area (Å²) < 4.78 is 5.54. The highest BCUT2D eigenvalue weighted by Crippen LogP contribution is 2.35. The average molecular weight is 516 g/mol. The molecule has 0 bridgehead atoms. The molecule has 2 aromatic rings. The van der Waals surface area contributed by atoms with Crippen LogP contribution in [0.3, 0.4) is 0 Å². The van der Waals surface area contributed by atoms with E-state index in [2.05, 4.69) is 15.3 Å². The van der Waals surface area contributed by atoms with E-state index in [-0.39, 0.29) is 24.0 Å². The van der Waals surface area contributed by atoms with Gasteiger partial charge in [0.05, 0.1) is 16.6 Å². The first kappa shape index (κ1) is 22.1. The number of pyridine rings is 1. The summed E-state index contributed by atoms with van der Waals surface area (Å²) in [6.07, 6.45) is 2.49. The Bertz CT molecular complexity index is 678. The molecule has 1 heterocycles. The number of halogens is 4. The van der Waals surface area contributed by atoms with Crippen molar-refractivity contribution in [1.82, 2.24) is 10.3 Å². The molecule has 0 fully saturated rings. The molecule has 0 amide bonds. The van der Waals surface area contributed by atoms with Crippen molar-refractivity contribution in [2.24, 2.45) is 10.7 Å². The second kappa shape index (κ2) is 11.6. The number of nitrogens with one attached hydrogen (secondary N) is 1. The van der Waals surface area contributed by atoms with Gasteiger partial charge in [-0.1, -0.05) is 40.9 Å². The molecule has 9 heteroatoms. The third-order valence-electron chi connectivity index (χ3n) is 2.99. The van der Waals surface area contributed by atoms with Gasteiger partial charge in [0.1, 0.15) is 6.61 Å². The van der Waals surface area contributed by atoms with Gasteiger partial charge in [-0.2, -0.15) is 0 Å². The standard InChI is InChI=1S/C16H17Cl3N4O.HI/c17-11-9-13(18)15(14(19)10-11)24-8-7-23-16(20)22-6-4-12-3-1-2-5-21-12;/h1-3,5,9-10H,4,6-8H2,(H3,20,22,23);1H. The highest BCUT2D eigenvalue weighted by Gasteiger charge is 2.08. The van der Waals surface area contributed by atoms with Gasteiger partial charge in [-0.05, 0) is 24.3 Å². The lowest BCUT2D eigenvalue weighted by Gasteiger charge is -2.11. The molecule has 0 radical (unpaired) electrons. The Balaban J connectivity index is 0.00000312. The number of aromatic nitrogens is 1. The van der Waals surface area contributed by atoms with Gasteiger partial charge in [0.2, 0.25) is 0 Å². The number of hydrogen-bond acceptors (Lipinski definition) is 3. The predicted molar refractivity (Wildman–Crippen MR) is 115 cm³/mol. The van der Waals surface area contributed by atoms with Crippen LogP contribution in [0.5, 0.6) is 5.75 Å². The van der Waals surface area contributed by atoms with Gasteiger partial charge in [-0.3, -0.25) is 9.98 Å². The zero-order chi connectivity index (χ0) is 17.4. The molecule has 0 spiro atoms. The van der Waals surface area contributed by atoms with E-state index in [4.69, 9.17) is 45.3 Å². The van der Waals surface area contributed by atoms with Gasteiger partial charge in [-0.25, -0.2) is 0 Å². The van der Waals surface area contributed by atoms with E-state index < -0.39 is 0 Å². The minimum Gasteiger partial charge on any atom is -0.489 e. The number of ether oxygens (including phenoxy) is 1. The molecule has 1 aromatic carbocycles. The number of benzene rings is 1. The molecule has 5 nitrogen and oxygen atoms in total. The molecule has 0 saturated heterocycles. The first-order chi connectivity index (χ1) is 11.6. The van der Waals surface area contributed by atoms with Crippen molar-refractivity contribution in [2.75, 3.05) is 19.7 Å². The van der Waals surface area contributed by atoms with E-state index in [0.29, 0.717) is 46.5 Å². The lowest BCUT2D eigenvalue weighted by atomic mass is 10.3. The molecule has 3 N–H and O–H groups in total. The Hall–Kier alpha value is -0.960. The quantitative estimate of drug-likeness (QED) is 0.251. The summed E-state index contributed by atoms with van der Waals surface area (Å²) in [5.41, 5.74) is 6.77. The van der Waals surface area contributed by atoms with Crippen molar-refractivity contribution in [1.29, 1.82) is 0 Å². The van der Waals surface area contributed by atoms with E-state index in [1.54, 1.807) is 18.3 Å². The Morgan fingerprint density at radius 3 is 2.56 bits per heavy atom. The van der Waals surface area contributed by atoms with Crippen LogP contribution in [0.4, 0.5) is 0 Å². The number of rotatable bonds is 7. The van der Waals surface area contributed by atoms with Crippen molar-refractivity contribution in [2.45, 2.75) is 6.42 Å². The SMILES string of the molecule is I.NC(=NCCc1ccccn1)NCCOc1c(Cl)cc(Cl)cc1Cl.